The molecular formula is C22H31INO4P. The van der Waals surface area contributed by atoms with E-state index in [1.165, 1.54) is 11.1 Å². The van der Waals surface area contributed by atoms with Crippen molar-refractivity contribution in [1.29, 1.82) is 0 Å². The molecule has 0 spiro atoms. The Hall–Kier alpha value is -1.14. The molecule has 7 heteroatoms. The van der Waals surface area contributed by atoms with E-state index < -0.39 is 12.5 Å². The molecule has 0 saturated heterocycles. The van der Waals surface area contributed by atoms with Crippen LogP contribution in [0.25, 0.3) is 0 Å². The molecule has 0 bridgehead atoms. The van der Waals surface area contributed by atoms with Gasteiger partial charge in [-0.1, -0.05) is 18.6 Å². The molecule has 0 saturated carbocycles. The molecule has 0 aromatic rings. The molecule has 5 nitrogen and oxygen atoms in total. The summed E-state index contributed by atoms with van der Waals surface area (Å²) in [5.41, 5.74) is 4.41. The monoisotopic (exact) mass is 531 g/mol. The second kappa shape index (κ2) is 8.93. The van der Waals surface area contributed by atoms with Gasteiger partial charge in [-0.05, 0) is 51.3 Å². The van der Waals surface area contributed by atoms with Gasteiger partial charge in [-0.2, -0.15) is 0 Å². The first-order valence-electron chi connectivity index (χ1n) is 10.0. The van der Waals surface area contributed by atoms with Crippen LogP contribution in [0.2, 0.25) is 0 Å². The summed E-state index contributed by atoms with van der Waals surface area (Å²) in [7, 11) is -2.27. The molecule has 3 heterocycles. The molecule has 0 amide bonds. The molecule has 3 aliphatic heterocycles. The second-order valence-corrected chi connectivity index (χ2v) is 11.7. The Labute approximate surface area is 191 Å². The lowest BCUT2D eigenvalue weighted by Crippen LogP contribution is -3.00. The highest BCUT2D eigenvalue weighted by Crippen LogP contribution is 2.82. The summed E-state index contributed by atoms with van der Waals surface area (Å²) in [6.07, 6.45) is 8.24. The van der Waals surface area contributed by atoms with E-state index in [-0.39, 0.29) is 35.9 Å². The molecular weight excluding hydrogens is 500 g/mol. The van der Waals surface area contributed by atoms with Gasteiger partial charge in [-0.15, -0.1) is 0 Å². The van der Waals surface area contributed by atoms with Gasteiger partial charge < -0.3 is 33.5 Å². The van der Waals surface area contributed by atoms with Gasteiger partial charge in [0.2, 0.25) is 5.31 Å². The molecule has 0 N–H and O–H groups in total. The lowest BCUT2D eigenvalue weighted by atomic mass is 9.99. The largest absolute Gasteiger partial charge is 1.00 e. The molecule has 160 valence electrons. The van der Waals surface area contributed by atoms with Crippen LogP contribution in [0.5, 0.6) is 0 Å². The quantitative estimate of drug-likeness (QED) is 0.234. The highest BCUT2D eigenvalue weighted by Gasteiger charge is 2.75. The maximum atomic E-state index is 13.5. The normalized spacial score (nSPS) is 27.8. The summed E-state index contributed by atoms with van der Waals surface area (Å²) >= 11 is 0. The van der Waals surface area contributed by atoms with E-state index in [9.17, 15) is 9.59 Å². The summed E-state index contributed by atoms with van der Waals surface area (Å²) in [4.78, 5) is 28.7. The fourth-order valence-corrected chi connectivity index (χ4v) is 9.51. The van der Waals surface area contributed by atoms with Gasteiger partial charge in [-0.25, -0.2) is 9.59 Å². The van der Waals surface area contributed by atoms with E-state index in [0.717, 1.165) is 23.9 Å². The first-order valence-corrected chi connectivity index (χ1v) is 12.5. The predicted molar refractivity (Wildman–Crippen MR) is 113 cm³/mol. The molecule has 3 rings (SSSR count). The average molecular weight is 531 g/mol. The van der Waals surface area contributed by atoms with Crippen molar-refractivity contribution in [3.63, 3.8) is 0 Å². The summed E-state index contributed by atoms with van der Waals surface area (Å²) in [6.45, 7) is 12.7. The van der Waals surface area contributed by atoms with Crippen molar-refractivity contribution in [3.8, 4) is 0 Å². The number of carbonyl (C=O) groups excluding carboxylic acids is 2. The van der Waals surface area contributed by atoms with Crippen LogP contribution in [0.4, 0.5) is 0 Å². The predicted octanol–water partition coefficient (Wildman–Crippen LogP) is 1.59. The van der Waals surface area contributed by atoms with Crippen LogP contribution in [0.1, 0.15) is 47.5 Å². The highest BCUT2D eigenvalue weighted by atomic mass is 127. The molecule has 2 atom stereocenters. The number of hydrogen-bond donors (Lipinski definition) is 0. The summed E-state index contributed by atoms with van der Waals surface area (Å²) in [5.74, 6) is -0.522. The molecule has 29 heavy (non-hydrogen) atoms. The van der Waals surface area contributed by atoms with E-state index in [1.807, 2.05) is 32.2 Å². The Bertz CT molecular complexity index is 844. The number of halogens is 1. The number of rotatable bonds is 5. The maximum Gasteiger partial charge on any atom is 0.375 e. The number of allylic oxidation sites excluding steroid dienone is 4. The maximum absolute atomic E-state index is 13.5. The van der Waals surface area contributed by atoms with Gasteiger partial charge >= 0.3 is 11.9 Å². The lowest BCUT2D eigenvalue weighted by Gasteiger charge is -2.44. The van der Waals surface area contributed by atoms with Crippen LogP contribution in [0.15, 0.2) is 46.1 Å². The van der Waals surface area contributed by atoms with Gasteiger partial charge in [-0.3, -0.25) is 4.90 Å². The third kappa shape index (κ3) is 3.50. The number of nitrogens with zero attached hydrogens (tertiary/aromatic N) is 1. The fourth-order valence-electron chi connectivity index (χ4n) is 4.65. The van der Waals surface area contributed by atoms with Crippen molar-refractivity contribution in [2.45, 2.75) is 52.7 Å². The van der Waals surface area contributed by atoms with E-state index >= 15 is 0 Å². The highest BCUT2D eigenvalue weighted by molar-refractivity contribution is 7.83. The topological polar surface area (TPSA) is 55.8 Å². The lowest BCUT2D eigenvalue weighted by molar-refractivity contribution is -0.150. The molecule has 0 fully saturated rings. The van der Waals surface area contributed by atoms with Crippen LogP contribution in [-0.2, 0) is 19.1 Å². The number of hydrogen-bond acceptors (Lipinski definition) is 5. The van der Waals surface area contributed by atoms with Crippen LogP contribution >= 0.6 is 7.26 Å². The molecule has 0 aliphatic carbocycles. The second-order valence-electron chi connectivity index (χ2n) is 7.84. The van der Waals surface area contributed by atoms with Gasteiger partial charge in [0, 0.05) is 12.6 Å². The Balaban J connectivity index is 0.00000300. The Morgan fingerprint density at radius 1 is 1.10 bits per heavy atom. The summed E-state index contributed by atoms with van der Waals surface area (Å²) < 4.78 is 11.1. The van der Waals surface area contributed by atoms with Crippen LogP contribution in [0.3, 0.4) is 0 Å². The van der Waals surface area contributed by atoms with Crippen LogP contribution in [-0.4, -0.2) is 48.2 Å². The molecule has 3 aliphatic rings. The van der Waals surface area contributed by atoms with Crippen molar-refractivity contribution in [1.82, 2.24) is 4.90 Å². The zero-order chi connectivity index (χ0) is 20.7. The van der Waals surface area contributed by atoms with Crippen LogP contribution in [0, 0.1) is 0 Å². The zero-order valence-corrected chi connectivity index (χ0v) is 21.2. The number of carbonyl (C=O) groups is 2. The van der Waals surface area contributed by atoms with Crippen molar-refractivity contribution in [2.24, 2.45) is 0 Å². The summed E-state index contributed by atoms with van der Waals surface area (Å²) in [5, 5.41) is -0.174. The molecule has 0 aromatic heterocycles. The first-order chi connectivity index (χ1) is 13.3. The molecule has 0 aromatic carbocycles. The number of ether oxygens (including phenoxy) is 2. The van der Waals surface area contributed by atoms with Crippen molar-refractivity contribution >= 4 is 19.2 Å². The van der Waals surface area contributed by atoms with Crippen LogP contribution < -0.4 is 24.0 Å². The third-order valence-electron chi connectivity index (χ3n) is 6.23. The van der Waals surface area contributed by atoms with Gasteiger partial charge in [0.1, 0.15) is 0 Å². The summed E-state index contributed by atoms with van der Waals surface area (Å²) in [6, 6.07) is 0. The SMILES string of the molecule is CCOC(=O)C1=C2C=CC(CC)=CN2C2(C(=O)OCC)CC(C)=C(C)C[P+]12C.[I-]. The van der Waals surface area contributed by atoms with Crippen molar-refractivity contribution in [3.05, 3.63) is 46.1 Å². The Kier molecular flexibility index (Phi) is 7.43. The molecule has 0 radical (unpaired) electrons. The zero-order valence-electron chi connectivity index (χ0n) is 18.2. The molecule has 2 unspecified atom stereocenters. The standard InChI is InChI=1S/C22H31NO4P.HI/c1-7-17-10-11-18-19(20(24)26-8-2)28(6)14-16(5)15(4)12-22(28,23(18)13-17)21(25)27-9-3;/h10-11,13H,7-9,12,14H2,1-6H3;1H/q+1;/p-1. The van der Waals surface area contributed by atoms with E-state index in [4.69, 9.17) is 9.47 Å². The van der Waals surface area contributed by atoms with Gasteiger partial charge in [0.25, 0.3) is 5.28 Å². The Morgan fingerprint density at radius 3 is 2.34 bits per heavy atom. The minimum atomic E-state index is -2.27. The minimum absolute atomic E-state index is 0. The van der Waals surface area contributed by atoms with Gasteiger partial charge in [0.15, 0.2) is 0 Å². The average Bonchev–Trinajstić information content (AvgIpc) is 2.87. The van der Waals surface area contributed by atoms with Crippen molar-refractivity contribution < 1.29 is 43.0 Å². The third-order valence-corrected chi connectivity index (χ3v) is 10.9. The minimum Gasteiger partial charge on any atom is -1.00 e. The first kappa shape index (κ1) is 24.1. The van der Waals surface area contributed by atoms with E-state index in [2.05, 4.69) is 32.3 Å². The number of esters is 2. The smallest absolute Gasteiger partial charge is 0.375 e. The number of fused-ring (bicyclic) bond motifs is 3. The van der Waals surface area contributed by atoms with E-state index in [0.29, 0.717) is 24.9 Å². The Morgan fingerprint density at radius 2 is 1.76 bits per heavy atom. The van der Waals surface area contributed by atoms with Gasteiger partial charge in [0.05, 0.1) is 39.0 Å². The van der Waals surface area contributed by atoms with Crippen molar-refractivity contribution in [2.75, 3.05) is 26.0 Å². The fraction of sp³-hybridized carbons (Fsp3) is 0.545. The van der Waals surface area contributed by atoms with E-state index in [1.54, 1.807) is 0 Å².